The second kappa shape index (κ2) is 5.90. The summed E-state index contributed by atoms with van der Waals surface area (Å²) in [6, 6.07) is 3.68. The predicted octanol–water partition coefficient (Wildman–Crippen LogP) is 1.88. The molecule has 1 fully saturated rings. The Morgan fingerprint density at radius 3 is 2.90 bits per heavy atom. The number of amidine groups is 1. The van der Waals surface area contributed by atoms with Crippen molar-refractivity contribution in [1.82, 2.24) is 4.90 Å². The molecule has 108 valence electrons. The third-order valence-corrected chi connectivity index (χ3v) is 3.64. The average molecular weight is 279 g/mol. The fourth-order valence-corrected chi connectivity index (χ4v) is 2.57. The van der Waals surface area contributed by atoms with Crippen molar-refractivity contribution >= 4 is 11.7 Å². The van der Waals surface area contributed by atoms with Crippen LogP contribution in [0.2, 0.25) is 0 Å². The Morgan fingerprint density at radius 2 is 2.25 bits per heavy atom. The summed E-state index contributed by atoms with van der Waals surface area (Å²) in [5, 5.41) is 11.8. The molecule has 20 heavy (non-hydrogen) atoms. The van der Waals surface area contributed by atoms with E-state index in [1.807, 2.05) is 0 Å². The quantitative estimate of drug-likeness (QED) is 0.375. The van der Waals surface area contributed by atoms with Crippen molar-refractivity contribution in [3.8, 4) is 0 Å². The summed E-state index contributed by atoms with van der Waals surface area (Å²) < 4.78 is 13.1. The first-order valence-electron chi connectivity index (χ1n) is 6.59. The number of nitrogens with zero attached hydrogens (tertiary/aromatic N) is 2. The van der Waals surface area contributed by atoms with Gasteiger partial charge in [0, 0.05) is 12.1 Å². The molecule has 1 aliphatic heterocycles. The normalized spacial score (nSPS) is 20.0. The Morgan fingerprint density at radius 1 is 1.50 bits per heavy atom. The molecule has 6 heteroatoms. The minimum atomic E-state index is -0.397. The van der Waals surface area contributed by atoms with Gasteiger partial charge in [0.25, 0.3) is 5.91 Å². The zero-order chi connectivity index (χ0) is 14.7. The first-order chi connectivity index (χ1) is 9.54. The molecule has 0 saturated carbocycles. The maximum atomic E-state index is 13.1. The van der Waals surface area contributed by atoms with Gasteiger partial charge in [0.15, 0.2) is 5.84 Å². The lowest BCUT2D eigenvalue weighted by atomic mass is 9.98. The van der Waals surface area contributed by atoms with E-state index < -0.39 is 6.04 Å². The number of hydrogen-bond acceptors (Lipinski definition) is 3. The summed E-state index contributed by atoms with van der Waals surface area (Å²) in [4.78, 5) is 14.2. The second-order valence-corrected chi connectivity index (χ2v) is 4.99. The highest BCUT2D eigenvalue weighted by Crippen LogP contribution is 2.21. The Hall–Kier alpha value is -2.11. The van der Waals surface area contributed by atoms with Crippen molar-refractivity contribution in [1.29, 1.82) is 0 Å². The molecule has 1 unspecified atom stereocenters. The van der Waals surface area contributed by atoms with E-state index in [2.05, 4.69) is 5.16 Å². The third-order valence-electron chi connectivity index (χ3n) is 3.64. The van der Waals surface area contributed by atoms with Gasteiger partial charge in [0.2, 0.25) is 0 Å². The standard InChI is InChI=1S/C14H18FN3O2/c1-9-8-10(15)5-6-11(9)14(19)18-7-3-2-4-12(18)13(16)17-20/h5-6,8,12,20H,2-4,7H2,1H3,(H2,16,17). The Balaban J connectivity index is 2.30. The van der Waals surface area contributed by atoms with Crippen LogP contribution in [0.3, 0.4) is 0 Å². The number of oxime groups is 1. The number of likely N-dealkylation sites (tertiary alicyclic amines) is 1. The summed E-state index contributed by atoms with van der Waals surface area (Å²) in [6.07, 6.45) is 2.47. The smallest absolute Gasteiger partial charge is 0.254 e. The summed E-state index contributed by atoms with van der Waals surface area (Å²) in [7, 11) is 0. The van der Waals surface area contributed by atoms with Crippen molar-refractivity contribution in [2.75, 3.05) is 6.54 Å². The largest absolute Gasteiger partial charge is 0.409 e. The van der Waals surface area contributed by atoms with Gasteiger partial charge < -0.3 is 15.8 Å². The molecule has 1 saturated heterocycles. The van der Waals surface area contributed by atoms with E-state index >= 15 is 0 Å². The molecule has 1 aromatic carbocycles. The van der Waals surface area contributed by atoms with Crippen LogP contribution in [0.25, 0.3) is 0 Å². The number of benzene rings is 1. The third kappa shape index (κ3) is 2.74. The molecule has 1 aromatic rings. The van der Waals surface area contributed by atoms with Crippen molar-refractivity contribution in [3.63, 3.8) is 0 Å². The number of carbonyl (C=O) groups is 1. The number of amides is 1. The fourth-order valence-electron chi connectivity index (χ4n) is 2.57. The Bertz CT molecular complexity index is 545. The molecule has 3 N–H and O–H groups in total. The van der Waals surface area contributed by atoms with Crippen LogP contribution in [0, 0.1) is 12.7 Å². The first kappa shape index (κ1) is 14.3. The molecular formula is C14H18FN3O2. The molecule has 1 aliphatic rings. The molecule has 0 radical (unpaired) electrons. The lowest BCUT2D eigenvalue weighted by molar-refractivity contribution is 0.0676. The maximum Gasteiger partial charge on any atom is 0.254 e. The van der Waals surface area contributed by atoms with E-state index in [1.165, 1.54) is 18.2 Å². The van der Waals surface area contributed by atoms with Crippen molar-refractivity contribution < 1.29 is 14.4 Å². The van der Waals surface area contributed by atoms with Gasteiger partial charge in [-0.2, -0.15) is 0 Å². The van der Waals surface area contributed by atoms with E-state index in [1.54, 1.807) is 11.8 Å². The number of aryl methyl sites for hydroxylation is 1. The molecule has 5 nitrogen and oxygen atoms in total. The number of halogens is 1. The Labute approximate surface area is 116 Å². The zero-order valence-electron chi connectivity index (χ0n) is 11.3. The van der Waals surface area contributed by atoms with Crippen LogP contribution >= 0.6 is 0 Å². The van der Waals surface area contributed by atoms with E-state index in [9.17, 15) is 9.18 Å². The fraction of sp³-hybridized carbons (Fsp3) is 0.429. The van der Waals surface area contributed by atoms with Gasteiger partial charge in [-0.15, -0.1) is 0 Å². The van der Waals surface area contributed by atoms with Gasteiger partial charge in [-0.3, -0.25) is 4.79 Å². The summed E-state index contributed by atoms with van der Waals surface area (Å²) in [5.41, 5.74) is 6.69. The van der Waals surface area contributed by atoms with Crippen LogP contribution in [0.5, 0.6) is 0 Å². The SMILES string of the molecule is Cc1cc(F)ccc1C(=O)N1CCCCC1/C(N)=N/O. The van der Waals surface area contributed by atoms with E-state index in [0.29, 0.717) is 24.1 Å². The maximum absolute atomic E-state index is 13.1. The van der Waals surface area contributed by atoms with Gasteiger partial charge in [-0.05, 0) is 49.9 Å². The zero-order valence-corrected chi connectivity index (χ0v) is 11.3. The number of hydrogen-bond donors (Lipinski definition) is 2. The van der Waals surface area contributed by atoms with Crippen molar-refractivity contribution in [3.05, 3.63) is 35.1 Å². The Kier molecular flexibility index (Phi) is 4.22. The van der Waals surface area contributed by atoms with Crippen LogP contribution in [-0.2, 0) is 0 Å². The van der Waals surface area contributed by atoms with Gasteiger partial charge in [0.05, 0.1) is 6.04 Å². The molecule has 0 bridgehead atoms. The molecular weight excluding hydrogens is 261 g/mol. The predicted molar refractivity (Wildman–Crippen MR) is 73.2 cm³/mol. The number of piperidine rings is 1. The van der Waals surface area contributed by atoms with Gasteiger partial charge in [-0.1, -0.05) is 5.16 Å². The van der Waals surface area contributed by atoms with Crippen LogP contribution in [0.15, 0.2) is 23.4 Å². The highest BCUT2D eigenvalue weighted by atomic mass is 19.1. The summed E-state index contributed by atoms with van der Waals surface area (Å²) in [6.45, 7) is 2.25. The van der Waals surface area contributed by atoms with Crippen molar-refractivity contribution in [2.45, 2.75) is 32.2 Å². The van der Waals surface area contributed by atoms with Crippen LogP contribution in [-0.4, -0.2) is 34.4 Å². The highest BCUT2D eigenvalue weighted by molar-refractivity contribution is 5.99. The lowest BCUT2D eigenvalue weighted by Crippen LogP contribution is -2.50. The summed E-state index contributed by atoms with van der Waals surface area (Å²) >= 11 is 0. The van der Waals surface area contributed by atoms with Crippen LogP contribution in [0.1, 0.15) is 35.2 Å². The molecule has 1 amide bonds. The average Bonchev–Trinajstić information content (AvgIpc) is 2.46. The minimum absolute atomic E-state index is 0.0396. The molecule has 2 rings (SSSR count). The van der Waals surface area contributed by atoms with Gasteiger partial charge in [0.1, 0.15) is 5.82 Å². The van der Waals surface area contributed by atoms with E-state index in [-0.39, 0.29) is 17.6 Å². The first-order valence-corrected chi connectivity index (χ1v) is 6.59. The minimum Gasteiger partial charge on any atom is -0.409 e. The molecule has 0 aromatic heterocycles. The molecule has 0 aliphatic carbocycles. The monoisotopic (exact) mass is 279 g/mol. The molecule has 0 spiro atoms. The second-order valence-electron chi connectivity index (χ2n) is 4.99. The summed E-state index contributed by atoms with van der Waals surface area (Å²) in [5.74, 6) is -0.540. The van der Waals surface area contributed by atoms with E-state index in [0.717, 1.165) is 12.8 Å². The van der Waals surface area contributed by atoms with Crippen LogP contribution in [0.4, 0.5) is 4.39 Å². The molecule has 1 heterocycles. The highest BCUT2D eigenvalue weighted by Gasteiger charge is 2.31. The van der Waals surface area contributed by atoms with Crippen LogP contribution < -0.4 is 5.73 Å². The van der Waals surface area contributed by atoms with Crippen molar-refractivity contribution in [2.24, 2.45) is 10.9 Å². The number of rotatable bonds is 2. The number of nitrogens with two attached hydrogens (primary N) is 1. The lowest BCUT2D eigenvalue weighted by Gasteiger charge is -2.35. The topological polar surface area (TPSA) is 78.9 Å². The number of carbonyl (C=O) groups excluding carboxylic acids is 1. The van der Waals surface area contributed by atoms with Gasteiger partial charge in [-0.25, -0.2) is 4.39 Å². The molecule has 1 atom stereocenters. The van der Waals surface area contributed by atoms with Gasteiger partial charge >= 0.3 is 0 Å². The van der Waals surface area contributed by atoms with E-state index in [4.69, 9.17) is 10.9 Å².